The molecule has 12 heavy (non-hydrogen) atoms. The third-order valence-electron chi connectivity index (χ3n) is 2.33. The van der Waals surface area contributed by atoms with Crippen molar-refractivity contribution in [2.24, 2.45) is 11.7 Å². The number of rotatable bonds is 1. The van der Waals surface area contributed by atoms with Crippen LogP contribution in [0.5, 0.6) is 0 Å². The summed E-state index contributed by atoms with van der Waals surface area (Å²) < 4.78 is 0. The summed E-state index contributed by atoms with van der Waals surface area (Å²) in [6.45, 7) is 4.69. The number of likely N-dealkylation sites (tertiary alicyclic amines) is 1. The van der Waals surface area contributed by atoms with Gasteiger partial charge in [0.1, 0.15) is 0 Å². The van der Waals surface area contributed by atoms with Crippen molar-refractivity contribution in [3.8, 4) is 0 Å². The summed E-state index contributed by atoms with van der Waals surface area (Å²) in [5.41, 5.74) is 5.82. The molecule has 1 rings (SSSR count). The first-order valence-corrected chi connectivity index (χ1v) is 4.69. The highest BCUT2D eigenvalue weighted by Gasteiger charge is 2.24. The fourth-order valence-corrected chi connectivity index (χ4v) is 1.56. The highest BCUT2D eigenvalue weighted by atomic mass is 16.2. The van der Waals surface area contributed by atoms with Crippen LogP contribution in [0.4, 0.5) is 0 Å². The fourth-order valence-electron chi connectivity index (χ4n) is 1.56. The molecule has 0 spiro atoms. The van der Waals surface area contributed by atoms with Crippen LogP contribution in [0.1, 0.15) is 33.1 Å². The lowest BCUT2D eigenvalue weighted by molar-refractivity contribution is -0.138. The predicted octanol–water partition coefficient (Wildman–Crippen LogP) is 0.940. The Bertz CT molecular complexity index is 168. The lowest BCUT2D eigenvalue weighted by Gasteiger charge is -2.34. The molecule has 1 unspecified atom stereocenters. The Morgan fingerprint density at radius 1 is 1.50 bits per heavy atom. The first kappa shape index (κ1) is 9.52. The number of nitrogens with two attached hydrogens (primary N) is 1. The first-order chi connectivity index (χ1) is 5.63. The number of piperidine rings is 1. The maximum atomic E-state index is 11.6. The van der Waals surface area contributed by atoms with Crippen LogP contribution in [-0.4, -0.2) is 23.5 Å². The second-order valence-corrected chi connectivity index (χ2v) is 3.75. The molecule has 2 N–H and O–H groups in total. The normalized spacial score (nSPS) is 24.7. The summed E-state index contributed by atoms with van der Waals surface area (Å²) in [4.78, 5) is 13.4. The van der Waals surface area contributed by atoms with E-state index in [0.29, 0.717) is 0 Å². The molecular weight excluding hydrogens is 152 g/mol. The molecule has 1 aliphatic rings. The monoisotopic (exact) mass is 170 g/mol. The largest absolute Gasteiger partial charge is 0.327 e. The highest BCUT2D eigenvalue weighted by Crippen LogP contribution is 2.15. The van der Waals surface area contributed by atoms with Crippen molar-refractivity contribution in [3.05, 3.63) is 0 Å². The van der Waals surface area contributed by atoms with Gasteiger partial charge in [-0.05, 0) is 19.3 Å². The summed E-state index contributed by atoms with van der Waals surface area (Å²) in [6, 6.07) is 0. The Balaban J connectivity index is 2.53. The molecule has 1 atom stereocenters. The van der Waals surface area contributed by atoms with Gasteiger partial charge in [-0.2, -0.15) is 0 Å². The second-order valence-electron chi connectivity index (χ2n) is 3.75. The van der Waals surface area contributed by atoms with E-state index in [2.05, 4.69) is 0 Å². The Hall–Kier alpha value is -0.570. The highest BCUT2D eigenvalue weighted by molar-refractivity contribution is 5.78. The molecule has 70 valence electrons. The number of carbonyl (C=O) groups is 1. The van der Waals surface area contributed by atoms with Gasteiger partial charge in [0.15, 0.2) is 0 Å². The summed E-state index contributed by atoms with van der Waals surface area (Å²) in [5.74, 6) is 0.274. The van der Waals surface area contributed by atoms with Gasteiger partial charge in [-0.3, -0.25) is 4.79 Å². The Labute approximate surface area is 73.9 Å². The summed E-state index contributed by atoms with van der Waals surface area (Å²) in [5, 5.41) is 0. The van der Waals surface area contributed by atoms with Crippen LogP contribution in [0.15, 0.2) is 0 Å². The fraction of sp³-hybridized carbons (Fsp3) is 0.889. The molecule has 0 aromatic carbocycles. The van der Waals surface area contributed by atoms with Crippen molar-refractivity contribution < 1.29 is 4.79 Å². The minimum Gasteiger partial charge on any atom is -0.327 e. The molecule has 0 aromatic rings. The van der Waals surface area contributed by atoms with Gasteiger partial charge >= 0.3 is 0 Å². The van der Waals surface area contributed by atoms with Crippen molar-refractivity contribution in [3.63, 3.8) is 0 Å². The topological polar surface area (TPSA) is 46.3 Å². The van der Waals surface area contributed by atoms with E-state index in [-0.39, 0.29) is 18.0 Å². The van der Waals surface area contributed by atoms with Gasteiger partial charge < -0.3 is 10.6 Å². The van der Waals surface area contributed by atoms with E-state index >= 15 is 0 Å². The van der Waals surface area contributed by atoms with Crippen LogP contribution >= 0.6 is 0 Å². The van der Waals surface area contributed by atoms with E-state index in [1.807, 2.05) is 18.7 Å². The summed E-state index contributed by atoms with van der Waals surface area (Å²) in [7, 11) is 0. The van der Waals surface area contributed by atoms with E-state index in [1.165, 1.54) is 0 Å². The maximum Gasteiger partial charge on any atom is 0.226 e. The van der Waals surface area contributed by atoms with Crippen molar-refractivity contribution in [1.82, 2.24) is 4.90 Å². The molecule has 1 heterocycles. The number of hydrogen-bond donors (Lipinski definition) is 1. The number of carbonyl (C=O) groups excluding carboxylic acids is 1. The Morgan fingerprint density at radius 2 is 2.17 bits per heavy atom. The molecule has 1 fully saturated rings. The molecule has 1 saturated heterocycles. The Morgan fingerprint density at radius 3 is 2.67 bits per heavy atom. The zero-order chi connectivity index (χ0) is 9.14. The van der Waals surface area contributed by atoms with E-state index in [4.69, 9.17) is 5.73 Å². The average molecular weight is 170 g/mol. The molecule has 0 saturated carbocycles. The lowest BCUT2D eigenvalue weighted by Crippen LogP contribution is -2.50. The third-order valence-corrected chi connectivity index (χ3v) is 2.33. The van der Waals surface area contributed by atoms with Crippen LogP contribution in [0.25, 0.3) is 0 Å². The summed E-state index contributed by atoms with van der Waals surface area (Å²) >= 11 is 0. The minimum atomic E-state index is -0.0337. The zero-order valence-electron chi connectivity index (χ0n) is 7.92. The van der Waals surface area contributed by atoms with Gasteiger partial charge in [-0.15, -0.1) is 0 Å². The van der Waals surface area contributed by atoms with Crippen LogP contribution < -0.4 is 5.73 Å². The maximum absolute atomic E-state index is 11.6. The molecule has 0 bridgehead atoms. The molecule has 1 aliphatic heterocycles. The minimum absolute atomic E-state index is 0.0337. The SMILES string of the molecule is CC(C)C(=O)N1CCCCC1N. The number of hydrogen-bond acceptors (Lipinski definition) is 2. The predicted molar refractivity (Wildman–Crippen MR) is 48.4 cm³/mol. The van der Waals surface area contributed by atoms with Gasteiger partial charge in [0.2, 0.25) is 5.91 Å². The summed E-state index contributed by atoms with van der Waals surface area (Å²) in [6.07, 6.45) is 3.18. The lowest BCUT2D eigenvalue weighted by atomic mass is 10.1. The van der Waals surface area contributed by atoms with Crippen molar-refractivity contribution >= 4 is 5.91 Å². The van der Waals surface area contributed by atoms with Crippen molar-refractivity contribution in [1.29, 1.82) is 0 Å². The Kier molecular flexibility index (Phi) is 3.09. The van der Waals surface area contributed by atoms with Gasteiger partial charge in [0, 0.05) is 12.5 Å². The van der Waals surface area contributed by atoms with Crippen LogP contribution in [0.3, 0.4) is 0 Å². The smallest absolute Gasteiger partial charge is 0.226 e. The first-order valence-electron chi connectivity index (χ1n) is 4.69. The molecule has 0 radical (unpaired) electrons. The van der Waals surface area contributed by atoms with E-state index < -0.39 is 0 Å². The molecule has 1 amide bonds. The van der Waals surface area contributed by atoms with Crippen LogP contribution in [-0.2, 0) is 4.79 Å². The average Bonchev–Trinajstić information content (AvgIpc) is 2.04. The van der Waals surface area contributed by atoms with Crippen molar-refractivity contribution in [2.75, 3.05) is 6.54 Å². The van der Waals surface area contributed by atoms with Crippen LogP contribution in [0, 0.1) is 5.92 Å². The number of amides is 1. The van der Waals surface area contributed by atoms with E-state index in [9.17, 15) is 4.79 Å². The van der Waals surface area contributed by atoms with E-state index in [0.717, 1.165) is 25.8 Å². The van der Waals surface area contributed by atoms with Gasteiger partial charge in [0.05, 0.1) is 6.17 Å². The third kappa shape index (κ3) is 1.97. The van der Waals surface area contributed by atoms with Gasteiger partial charge in [-0.1, -0.05) is 13.8 Å². The zero-order valence-corrected chi connectivity index (χ0v) is 7.92. The van der Waals surface area contributed by atoms with Crippen molar-refractivity contribution in [2.45, 2.75) is 39.3 Å². The van der Waals surface area contributed by atoms with Gasteiger partial charge in [-0.25, -0.2) is 0 Å². The standard InChI is InChI=1S/C9H18N2O/c1-7(2)9(12)11-6-4-3-5-8(11)10/h7-8H,3-6,10H2,1-2H3. The molecule has 0 aliphatic carbocycles. The van der Waals surface area contributed by atoms with Gasteiger partial charge in [0.25, 0.3) is 0 Å². The second kappa shape index (κ2) is 3.90. The molecule has 3 heteroatoms. The molecule has 3 nitrogen and oxygen atoms in total. The number of nitrogens with zero attached hydrogens (tertiary/aromatic N) is 1. The molecular formula is C9H18N2O. The van der Waals surface area contributed by atoms with E-state index in [1.54, 1.807) is 0 Å². The molecule has 0 aromatic heterocycles. The van der Waals surface area contributed by atoms with Crippen LogP contribution in [0.2, 0.25) is 0 Å². The quantitative estimate of drug-likeness (QED) is 0.636.